The number of anilines is 1. The predicted octanol–water partition coefficient (Wildman–Crippen LogP) is 4.06. The highest BCUT2D eigenvalue weighted by Crippen LogP contribution is 2.29. The van der Waals surface area contributed by atoms with Crippen LogP contribution in [0.4, 0.5) is 5.95 Å². The van der Waals surface area contributed by atoms with E-state index in [2.05, 4.69) is 9.97 Å². The number of aryl methyl sites for hydroxylation is 1. The number of fused-ring (bicyclic) bond motifs is 1. The summed E-state index contributed by atoms with van der Waals surface area (Å²) in [5, 5.41) is 0. The Balaban J connectivity index is 2.00. The highest BCUT2D eigenvalue weighted by Gasteiger charge is 2.13. The maximum atomic E-state index is 11.4. The van der Waals surface area contributed by atoms with Crippen molar-refractivity contribution >= 4 is 23.3 Å². The van der Waals surface area contributed by atoms with E-state index in [1.807, 2.05) is 61.5 Å². The van der Waals surface area contributed by atoms with Gasteiger partial charge in [0.05, 0.1) is 11.2 Å². The predicted molar refractivity (Wildman–Crippen MR) is 103 cm³/mol. The molecule has 26 heavy (non-hydrogen) atoms. The average molecular weight is 340 g/mol. The first-order chi connectivity index (χ1) is 12.7. The summed E-state index contributed by atoms with van der Waals surface area (Å²) >= 11 is 0. The van der Waals surface area contributed by atoms with E-state index in [0.29, 0.717) is 28.0 Å². The molecule has 0 aliphatic carbocycles. The number of benzene rings is 2. The summed E-state index contributed by atoms with van der Waals surface area (Å²) in [7, 11) is 0. The molecule has 4 aromatic rings. The molecule has 0 atom stereocenters. The zero-order valence-electron chi connectivity index (χ0n) is 14.2. The van der Waals surface area contributed by atoms with Gasteiger partial charge in [-0.05, 0) is 25.1 Å². The number of pyridine rings is 1. The zero-order chi connectivity index (χ0) is 18.1. The van der Waals surface area contributed by atoms with Crippen LogP contribution in [0.2, 0.25) is 0 Å². The Labute approximate surface area is 150 Å². The summed E-state index contributed by atoms with van der Waals surface area (Å²) < 4.78 is 0. The standard InChI is InChI=1S/C21H16N4O/c1-13-7-8-15(12-26)16(11-13)17-9-10-18-20(23-17)19(25-21(22)24-18)14-5-3-2-4-6-14/h2-12H,1H3,(H2,22,24,25). The van der Waals surface area contributed by atoms with E-state index in [1.54, 1.807) is 6.07 Å². The van der Waals surface area contributed by atoms with Gasteiger partial charge in [0.2, 0.25) is 5.95 Å². The van der Waals surface area contributed by atoms with Crippen molar-refractivity contribution in [1.29, 1.82) is 0 Å². The number of aromatic nitrogens is 3. The lowest BCUT2D eigenvalue weighted by molar-refractivity contribution is 0.112. The molecule has 0 radical (unpaired) electrons. The highest BCUT2D eigenvalue weighted by molar-refractivity contribution is 5.93. The minimum absolute atomic E-state index is 0.204. The van der Waals surface area contributed by atoms with Gasteiger partial charge >= 0.3 is 0 Å². The molecule has 0 aliphatic rings. The van der Waals surface area contributed by atoms with Crippen molar-refractivity contribution in [3.8, 4) is 22.5 Å². The van der Waals surface area contributed by atoms with Gasteiger partial charge in [-0.25, -0.2) is 15.0 Å². The number of nitrogen functional groups attached to an aromatic ring is 1. The lowest BCUT2D eigenvalue weighted by Gasteiger charge is -2.10. The molecule has 0 saturated carbocycles. The third-order valence-corrected chi connectivity index (χ3v) is 4.22. The number of nitrogens with two attached hydrogens (primary N) is 1. The van der Waals surface area contributed by atoms with Crippen LogP contribution in [0, 0.1) is 6.92 Å². The quantitative estimate of drug-likeness (QED) is 0.569. The maximum absolute atomic E-state index is 11.4. The summed E-state index contributed by atoms with van der Waals surface area (Å²) in [4.78, 5) is 24.9. The fraction of sp³-hybridized carbons (Fsp3) is 0.0476. The van der Waals surface area contributed by atoms with Gasteiger partial charge in [0.15, 0.2) is 6.29 Å². The van der Waals surface area contributed by atoms with Gasteiger partial charge in [-0.2, -0.15) is 0 Å². The lowest BCUT2D eigenvalue weighted by Crippen LogP contribution is -2.00. The molecule has 0 saturated heterocycles. The number of hydrogen-bond acceptors (Lipinski definition) is 5. The molecule has 126 valence electrons. The molecule has 0 unspecified atom stereocenters. The van der Waals surface area contributed by atoms with Crippen LogP contribution in [0.25, 0.3) is 33.5 Å². The molecular formula is C21H16N4O. The van der Waals surface area contributed by atoms with E-state index in [4.69, 9.17) is 10.7 Å². The smallest absolute Gasteiger partial charge is 0.221 e. The van der Waals surface area contributed by atoms with Crippen LogP contribution in [0.15, 0.2) is 60.7 Å². The average Bonchev–Trinajstić information content (AvgIpc) is 2.67. The van der Waals surface area contributed by atoms with Crippen molar-refractivity contribution in [1.82, 2.24) is 15.0 Å². The van der Waals surface area contributed by atoms with Crippen LogP contribution in [-0.4, -0.2) is 21.2 Å². The summed E-state index contributed by atoms with van der Waals surface area (Å²) in [6, 6.07) is 19.1. The first-order valence-electron chi connectivity index (χ1n) is 8.21. The van der Waals surface area contributed by atoms with Crippen LogP contribution in [0.1, 0.15) is 15.9 Å². The van der Waals surface area contributed by atoms with E-state index >= 15 is 0 Å². The molecule has 0 bridgehead atoms. The molecule has 2 aromatic heterocycles. The molecule has 4 rings (SSSR count). The Bertz CT molecular complexity index is 1120. The fourth-order valence-electron chi connectivity index (χ4n) is 2.97. The Hall–Kier alpha value is -3.60. The first kappa shape index (κ1) is 15.9. The molecular weight excluding hydrogens is 324 g/mol. The molecule has 0 spiro atoms. The van der Waals surface area contributed by atoms with Crippen LogP contribution >= 0.6 is 0 Å². The van der Waals surface area contributed by atoms with Gasteiger partial charge in [-0.15, -0.1) is 0 Å². The third kappa shape index (κ3) is 2.80. The molecule has 2 aromatic carbocycles. The molecule has 5 heteroatoms. The summed E-state index contributed by atoms with van der Waals surface area (Å²) in [5.74, 6) is 0.204. The van der Waals surface area contributed by atoms with Gasteiger partial charge in [0.1, 0.15) is 11.2 Å². The highest BCUT2D eigenvalue weighted by atomic mass is 16.1. The van der Waals surface area contributed by atoms with Gasteiger partial charge in [0.25, 0.3) is 0 Å². The molecule has 0 aliphatic heterocycles. The van der Waals surface area contributed by atoms with Crippen LogP contribution in [-0.2, 0) is 0 Å². The van der Waals surface area contributed by atoms with Gasteiger partial charge in [-0.3, -0.25) is 4.79 Å². The van der Waals surface area contributed by atoms with E-state index < -0.39 is 0 Å². The minimum atomic E-state index is 0.204. The Morgan fingerprint density at radius 3 is 2.50 bits per heavy atom. The van der Waals surface area contributed by atoms with E-state index in [-0.39, 0.29) is 5.95 Å². The second-order valence-electron chi connectivity index (χ2n) is 6.07. The second-order valence-corrected chi connectivity index (χ2v) is 6.07. The van der Waals surface area contributed by atoms with Gasteiger partial charge in [-0.1, -0.05) is 48.0 Å². The summed E-state index contributed by atoms with van der Waals surface area (Å²) in [6.45, 7) is 1.98. The van der Waals surface area contributed by atoms with Crippen LogP contribution in [0.5, 0.6) is 0 Å². The van der Waals surface area contributed by atoms with Crippen LogP contribution < -0.4 is 5.73 Å². The van der Waals surface area contributed by atoms with Gasteiger partial charge in [0, 0.05) is 16.7 Å². The van der Waals surface area contributed by atoms with Crippen molar-refractivity contribution in [2.24, 2.45) is 0 Å². The molecule has 5 nitrogen and oxygen atoms in total. The van der Waals surface area contributed by atoms with Crippen LogP contribution in [0.3, 0.4) is 0 Å². The molecule has 2 heterocycles. The summed E-state index contributed by atoms with van der Waals surface area (Å²) in [6.07, 6.45) is 0.845. The number of carbonyl (C=O) groups is 1. The molecule has 0 fully saturated rings. The van der Waals surface area contributed by atoms with Crippen molar-refractivity contribution in [3.05, 3.63) is 71.8 Å². The van der Waals surface area contributed by atoms with Gasteiger partial charge < -0.3 is 5.73 Å². The van der Waals surface area contributed by atoms with Crippen molar-refractivity contribution < 1.29 is 4.79 Å². The monoisotopic (exact) mass is 340 g/mol. The van der Waals surface area contributed by atoms with E-state index in [0.717, 1.165) is 23.0 Å². The number of aldehydes is 1. The molecule has 2 N–H and O–H groups in total. The van der Waals surface area contributed by atoms with Crippen molar-refractivity contribution in [3.63, 3.8) is 0 Å². The Morgan fingerprint density at radius 1 is 0.923 bits per heavy atom. The minimum Gasteiger partial charge on any atom is -0.368 e. The lowest BCUT2D eigenvalue weighted by atomic mass is 10.0. The normalized spacial score (nSPS) is 10.8. The maximum Gasteiger partial charge on any atom is 0.221 e. The number of hydrogen-bond donors (Lipinski definition) is 1. The van der Waals surface area contributed by atoms with Crippen molar-refractivity contribution in [2.45, 2.75) is 6.92 Å². The second kappa shape index (κ2) is 6.37. The first-order valence-corrected chi connectivity index (χ1v) is 8.21. The Kier molecular flexibility index (Phi) is 3.89. The Morgan fingerprint density at radius 2 is 1.73 bits per heavy atom. The summed E-state index contributed by atoms with van der Waals surface area (Å²) in [5.41, 5.74) is 11.9. The number of nitrogens with zero attached hydrogens (tertiary/aromatic N) is 3. The zero-order valence-corrected chi connectivity index (χ0v) is 14.2. The number of carbonyl (C=O) groups excluding carboxylic acids is 1. The van der Waals surface area contributed by atoms with E-state index in [1.165, 1.54) is 0 Å². The topological polar surface area (TPSA) is 81.8 Å². The SMILES string of the molecule is Cc1ccc(C=O)c(-c2ccc3nc(N)nc(-c4ccccc4)c3n2)c1. The third-order valence-electron chi connectivity index (χ3n) is 4.22. The largest absolute Gasteiger partial charge is 0.368 e. The van der Waals surface area contributed by atoms with Crippen molar-refractivity contribution in [2.75, 3.05) is 5.73 Å². The number of rotatable bonds is 3. The molecule has 0 amide bonds. The fourth-order valence-corrected chi connectivity index (χ4v) is 2.97. The van der Waals surface area contributed by atoms with E-state index in [9.17, 15) is 4.79 Å².